The zero-order valence-corrected chi connectivity index (χ0v) is 19.3. The fraction of sp³-hybridized carbons (Fsp3) is 0.600. The normalized spacial score (nSPS) is 20.5. The number of carbonyl (C=O) groups excluding carboxylic acids is 1. The van der Waals surface area contributed by atoms with E-state index in [2.05, 4.69) is 10.2 Å². The van der Waals surface area contributed by atoms with Crippen LogP contribution < -0.4 is 15.1 Å². The van der Waals surface area contributed by atoms with Crippen molar-refractivity contribution in [1.29, 1.82) is 0 Å². The maximum Gasteiger partial charge on any atom is 0.414 e. The topological polar surface area (TPSA) is 82.2 Å². The van der Waals surface area contributed by atoms with Crippen molar-refractivity contribution in [2.45, 2.75) is 26.9 Å². The first-order valence-corrected chi connectivity index (χ1v) is 12.3. The minimum Gasteiger partial charge on any atom is -0.442 e. The number of sulfonamides is 1. The molecule has 0 spiro atoms. The minimum atomic E-state index is -3.14. The second kappa shape index (κ2) is 9.49. The maximum absolute atomic E-state index is 12.3. The molecule has 0 bridgehead atoms. The van der Waals surface area contributed by atoms with E-state index < -0.39 is 10.0 Å². The Morgan fingerprint density at radius 1 is 1.17 bits per heavy atom. The van der Waals surface area contributed by atoms with Crippen LogP contribution >= 0.6 is 12.2 Å². The molecule has 0 saturated carbocycles. The average molecular weight is 455 g/mol. The first-order valence-electron chi connectivity index (χ1n) is 10.3. The Kier molecular flexibility index (Phi) is 7.20. The maximum atomic E-state index is 12.3. The number of cyclic esters (lactones) is 1. The van der Waals surface area contributed by atoms with Crippen LogP contribution in [0.2, 0.25) is 0 Å². The predicted molar refractivity (Wildman–Crippen MR) is 123 cm³/mol. The molecule has 30 heavy (non-hydrogen) atoms. The van der Waals surface area contributed by atoms with Gasteiger partial charge in [0, 0.05) is 43.5 Å². The molecule has 166 valence electrons. The van der Waals surface area contributed by atoms with Gasteiger partial charge in [-0.2, -0.15) is 4.31 Å². The first-order chi connectivity index (χ1) is 14.2. The third kappa shape index (κ3) is 5.22. The minimum absolute atomic E-state index is 0.132. The number of ether oxygens (including phenoxy) is 1. The van der Waals surface area contributed by atoms with Crippen molar-refractivity contribution >= 4 is 44.7 Å². The van der Waals surface area contributed by atoms with Crippen molar-refractivity contribution in [3.8, 4) is 0 Å². The smallest absolute Gasteiger partial charge is 0.414 e. The van der Waals surface area contributed by atoms with Gasteiger partial charge in [-0.25, -0.2) is 13.2 Å². The second-order valence-electron chi connectivity index (χ2n) is 7.82. The molecule has 2 aliphatic heterocycles. The quantitative estimate of drug-likeness (QED) is 0.632. The fourth-order valence-electron chi connectivity index (χ4n) is 3.51. The zero-order chi connectivity index (χ0) is 21.9. The Morgan fingerprint density at radius 3 is 2.33 bits per heavy atom. The summed E-state index contributed by atoms with van der Waals surface area (Å²) in [6.45, 7) is 8.96. The van der Waals surface area contributed by atoms with Crippen molar-refractivity contribution in [3.63, 3.8) is 0 Å². The summed E-state index contributed by atoms with van der Waals surface area (Å²) in [5, 5.41) is 3.16. The lowest BCUT2D eigenvalue weighted by molar-refractivity contribution is 0.143. The van der Waals surface area contributed by atoms with Gasteiger partial charge in [0.2, 0.25) is 10.0 Å². The molecule has 3 rings (SSSR count). The van der Waals surface area contributed by atoms with Gasteiger partial charge in [0.15, 0.2) is 0 Å². The lowest BCUT2D eigenvalue weighted by atomic mass is 10.2. The van der Waals surface area contributed by atoms with Gasteiger partial charge in [0.1, 0.15) is 6.10 Å². The molecule has 1 atom stereocenters. The second-order valence-corrected chi connectivity index (χ2v) is 10.5. The highest BCUT2D eigenvalue weighted by molar-refractivity contribution is 7.89. The van der Waals surface area contributed by atoms with E-state index >= 15 is 0 Å². The monoisotopic (exact) mass is 454 g/mol. The molecule has 1 N–H and O–H groups in total. The van der Waals surface area contributed by atoms with Crippen molar-refractivity contribution < 1.29 is 17.9 Å². The van der Waals surface area contributed by atoms with Crippen LogP contribution in [0, 0.1) is 5.92 Å². The van der Waals surface area contributed by atoms with Crippen molar-refractivity contribution in [2.75, 3.05) is 54.8 Å². The molecule has 1 unspecified atom stereocenters. The standard InChI is InChI=1S/C20H30N4O4S2/c1-4-30(26,27)23-11-9-22(10-12-23)16-5-7-17(8-6-16)24-14-18(28-20(24)25)13-21-19(29)15(2)3/h5-8,15,18H,4,9-14H2,1-3H3,(H,21,29). The van der Waals surface area contributed by atoms with E-state index in [0.717, 1.165) is 16.4 Å². The van der Waals surface area contributed by atoms with E-state index in [1.807, 2.05) is 38.1 Å². The lowest BCUT2D eigenvalue weighted by Crippen LogP contribution is -2.49. The third-order valence-electron chi connectivity index (χ3n) is 5.43. The largest absolute Gasteiger partial charge is 0.442 e. The van der Waals surface area contributed by atoms with Crippen LogP contribution in [0.4, 0.5) is 16.2 Å². The van der Waals surface area contributed by atoms with Crippen LogP contribution in [0.5, 0.6) is 0 Å². The molecular weight excluding hydrogens is 424 g/mol. The SMILES string of the molecule is CCS(=O)(=O)N1CCN(c2ccc(N3CC(CNC(=S)C(C)C)OC3=O)cc2)CC1. The Bertz CT molecular complexity index is 865. The number of thiocarbonyl (C=S) groups is 1. The summed E-state index contributed by atoms with van der Waals surface area (Å²) < 4.78 is 31.0. The summed E-state index contributed by atoms with van der Waals surface area (Å²) in [4.78, 5) is 16.8. The average Bonchev–Trinajstić information content (AvgIpc) is 3.12. The first kappa shape index (κ1) is 22.8. The van der Waals surface area contributed by atoms with Crippen LogP contribution in [0.25, 0.3) is 0 Å². The molecule has 2 saturated heterocycles. The molecule has 2 heterocycles. The molecule has 1 aromatic rings. The number of anilines is 2. The summed E-state index contributed by atoms with van der Waals surface area (Å²) in [7, 11) is -3.14. The van der Waals surface area contributed by atoms with Crippen LogP contribution in [-0.2, 0) is 14.8 Å². The van der Waals surface area contributed by atoms with Crippen LogP contribution in [0.15, 0.2) is 24.3 Å². The molecule has 10 heteroatoms. The zero-order valence-electron chi connectivity index (χ0n) is 17.7. The van der Waals surface area contributed by atoms with Gasteiger partial charge >= 0.3 is 6.09 Å². The van der Waals surface area contributed by atoms with Crippen molar-refractivity contribution in [2.24, 2.45) is 5.92 Å². The number of hydrogen-bond donors (Lipinski definition) is 1. The molecule has 1 aromatic carbocycles. The molecule has 2 fully saturated rings. The fourth-order valence-corrected chi connectivity index (χ4v) is 4.68. The number of amides is 1. The molecule has 0 aromatic heterocycles. The number of piperazine rings is 1. The Morgan fingerprint density at radius 2 is 1.77 bits per heavy atom. The van der Waals surface area contributed by atoms with Gasteiger partial charge in [-0.1, -0.05) is 26.1 Å². The van der Waals surface area contributed by atoms with Gasteiger partial charge in [-0.15, -0.1) is 0 Å². The van der Waals surface area contributed by atoms with Gasteiger partial charge in [0.05, 0.1) is 23.8 Å². The number of nitrogens with zero attached hydrogens (tertiary/aromatic N) is 3. The number of hydrogen-bond acceptors (Lipinski definition) is 6. The van der Waals surface area contributed by atoms with E-state index in [1.165, 1.54) is 0 Å². The van der Waals surface area contributed by atoms with Crippen LogP contribution in [-0.4, -0.2) is 74.9 Å². The van der Waals surface area contributed by atoms with E-state index in [0.29, 0.717) is 39.3 Å². The van der Waals surface area contributed by atoms with Crippen LogP contribution in [0.3, 0.4) is 0 Å². The predicted octanol–water partition coefficient (Wildman–Crippen LogP) is 2.06. The molecule has 1 amide bonds. The third-order valence-corrected chi connectivity index (χ3v) is 7.92. The number of nitrogens with one attached hydrogen (secondary N) is 1. The van der Waals surface area contributed by atoms with Gasteiger partial charge in [-0.3, -0.25) is 4.90 Å². The van der Waals surface area contributed by atoms with Gasteiger partial charge in [0.25, 0.3) is 0 Å². The van der Waals surface area contributed by atoms with E-state index in [4.69, 9.17) is 17.0 Å². The number of rotatable bonds is 7. The van der Waals surface area contributed by atoms with Crippen molar-refractivity contribution in [1.82, 2.24) is 9.62 Å². The molecule has 2 aliphatic rings. The summed E-state index contributed by atoms with van der Waals surface area (Å²) in [5.41, 5.74) is 1.80. The highest BCUT2D eigenvalue weighted by Crippen LogP contribution is 2.25. The Balaban J connectivity index is 1.56. The summed E-state index contributed by atoms with van der Waals surface area (Å²) in [6, 6.07) is 7.73. The molecule has 0 radical (unpaired) electrons. The van der Waals surface area contributed by atoms with Crippen LogP contribution in [0.1, 0.15) is 20.8 Å². The van der Waals surface area contributed by atoms with E-state index in [-0.39, 0.29) is 23.9 Å². The van der Waals surface area contributed by atoms with Gasteiger partial charge in [-0.05, 0) is 31.2 Å². The molecule has 0 aliphatic carbocycles. The highest BCUT2D eigenvalue weighted by atomic mass is 32.2. The summed E-state index contributed by atoms with van der Waals surface area (Å²) in [5.74, 6) is 0.387. The highest BCUT2D eigenvalue weighted by Gasteiger charge is 2.32. The van der Waals surface area contributed by atoms with E-state index in [9.17, 15) is 13.2 Å². The Labute approximate surface area is 184 Å². The Hall–Kier alpha value is -1.91. The molecular formula is C20H30N4O4S2. The van der Waals surface area contributed by atoms with Crippen molar-refractivity contribution in [3.05, 3.63) is 24.3 Å². The summed E-state index contributed by atoms with van der Waals surface area (Å²) >= 11 is 5.27. The van der Waals surface area contributed by atoms with E-state index in [1.54, 1.807) is 16.1 Å². The number of benzene rings is 1. The van der Waals surface area contributed by atoms with Gasteiger partial charge < -0.3 is 15.0 Å². The number of carbonyl (C=O) groups is 1. The molecule has 8 nitrogen and oxygen atoms in total. The summed E-state index contributed by atoms with van der Waals surface area (Å²) in [6.07, 6.45) is -0.606. The lowest BCUT2D eigenvalue weighted by Gasteiger charge is -2.35.